The molecule has 8 nitrogen and oxygen atoms in total. The Balaban J connectivity index is 1.71. The van der Waals surface area contributed by atoms with Crippen LogP contribution >= 0.6 is 11.3 Å². The summed E-state index contributed by atoms with van der Waals surface area (Å²) in [4.78, 5) is 16.1. The first-order valence-corrected chi connectivity index (χ1v) is 12.7. The normalized spacial score (nSPS) is 12.4. The van der Waals surface area contributed by atoms with E-state index in [9.17, 15) is 13.2 Å². The van der Waals surface area contributed by atoms with Crippen LogP contribution in [0, 0.1) is 5.41 Å². The number of amidine groups is 1. The SMILES string of the molecule is CC(=O)Nc1cccc(S(=O)(=O)NC(Cc2cccc(C(=N)N)c2)c2nc3ccccc3s2)c1. The van der Waals surface area contributed by atoms with Gasteiger partial charge in [-0.05, 0) is 48.4 Å². The second-order valence-corrected chi connectivity index (χ2v) is 10.5. The Morgan fingerprint density at radius 3 is 2.59 bits per heavy atom. The van der Waals surface area contributed by atoms with Gasteiger partial charge in [0.25, 0.3) is 0 Å². The summed E-state index contributed by atoms with van der Waals surface area (Å²) in [5.74, 6) is -0.353. The lowest BCUT2D eigenvalue weighted by Crippen LogP contribution is -2.30. The van der Waals surface area contributed by atoms with Crippen molar-refractivity contribution in [2.45, 2.75) is 24.3 Å². The maximum atomic E-state index is 13.3. The topological polar surface area (TPSA) is 138 Å². The number of nitrogens with zero attached hydrogens (tertiary/aromatic N) is 1. The Labute approximate surface area is 201 Å². The molecule has 0 aliphatic heterocycles. The third-order valence-corrected chi connectivity index (χ3v) is 7.67. The fraction of sp³-hybridized carbons (Fsp3) is 0.125. The van der Waals surface area contributed by atoms with Gasteiger partial charge < -0.3 is 11.1 Å². The van der Waals surface area contributed by atoms with Crippen molar-refractivity contribution in [3.8, 4) is 0 Å². The van der Waals surface area contributed by atoms with Gasteiger partial charge in [0.15, 0.2) is 0 Å². The first-order chi connectivity index (χ1) is 16.2. The highest BCUT2D eigenvalue weighted by Crippen LogP contribution is 2.30. The molecule has 0 saturated carbocycles. The van der Waals surface area contributed by atoms with Gasteiger partial charge in [-0.1, -0.05) is 36.4 Å². The smallest absolute Gasteiger partial charge is 0.241 e. The van der Waals surface area contributed by atoms with Gasteiger partial charge in [-0.3, -0.25) is 10.2 Å². The van der Waals surface area contributed by atoms with E-state index in [1.807, 2.05) is 30.3 Å². The number of nitrogen functional groups attached to an aromatic ring is 1. The van der Waals surface area contributed by atoms with E-state index in [0.717, 1.165) is 15.8 Å². The van der Waals surface area contributed by atoms with Crippen molar-refractivity contribution < 1.29 is 13.2 Å². The number of nitrogens with two attached hydrogens (primary N) is 1. The first-order valence-electron chi connectivity index (χ1n) is 10.4. The number of anilines is 1. The van der Waals surface area contributed by atoms with Crippen LogP contribution in [0.3, 0.4) is 0 Å². The molecule has 0 aliphatic carbocycles. The van der Waals surface area contributed by atoms with Gasteiger partial charge in [-0.25, -0.2) is 18.1 Å². The fourth-order valence-corrected chi connectivity index (χ4v) is 5.86. The Kier molecular flexibility index (Phi) is 6.73. The second kappa shape index (κ2) is 9.72. The molecule has 0 aliphatic rings. The minimum atomic E-state index is -3.95. The number of fused-ring (bicyclic) bond motifs is 1. The summed E-state index contributed by atoms with van der Waals surface area (Å²) in [5, 5.41) is 10.9. The van der Waals surface area contributed by atoms with Crippen molar-refractivity contribution in [2.75, 3.05) is 5.32 Å². The summed E-state index contributed by atoms with van der Waals surface area (Å²) in [5.41, 5.74) is 8.19. The molecule has 174 valence electrons. The van der Waals surface area contributed by atoms with E-state index in [-0.39, 0.29) is 16.6 Å². The summed E-state index contributed by atoms with van der Waals surface area (Å²) < 4.78 is 30.4. The molecule has 1 atom stereocenters. The van der Waals surface area contributed by atoms with Crippen LogP contribution in [0.4, 0.5) is 5.69 Å². The number of benzene rings is 3. The van der Waals surface area contributed by atoms with Crippen LogP contribution < -0.4 is 15.8 Å². The molecule has 1 unspecified atom stereocenters. The highest BCUT2D eigenvalue weighted by Gasteiger charge is 2.25. The zero-order valence-corrected chi connectivity index (χ0v) is 19.9. The third-order valence-electron chi connectivity index (χ3n) is 5.05. The van der Waals surface area contributed by atoms with Gasteiger partial charge in [0.2, 0.25) is 15.9 Å². The second-order valence-electron chi connectivity index (χ2n) is 7.72. The Bertz CT molecular complexity index is 1450. The number of hydrogen-bond acceptors (Lipinski definition) is 6. The van der Waals surface area contributed by atoms with E-state index in [2.05, 4.69) is 15.0 Å². The molecule has 0 fully saturated rings. The monoisotopic (exact) mass is 493 g/mol. The zero-order chi connectivity index (χ0) is 24.3. The maximum Gasteiger partial charge on any atom is 0.241 e. The predicted octanol–water partition coefficient (Wildman–Crippen LogP) is 3.80. The van der Waals surface area contributed by atoms with Crippen LogP contribution in [0.5, 0.6) is 0 Å². The van der Waals surface area contributed by atoms with Gasteiger partial charge in [0, 0.05) is 18.2 Å². The lowest BCUT2D eigenvalue weighted by atomic mass is 10.0. The quantitative estimate of drug-likeness (QED) is 0.218. The van der Waals surface area contributed by atoms with Gasteiger partial charge in [0.1, 0.15) is 10.8 Å². The highest BCUT2D eigenvalue weighted by atomic mass is 32.2. The van der Waals surface area contributed by atoms with Crippen LogP contribution in [-0.2, 0) is 21.2 Å². The number of aromatic nitrogens is 1. The molecular formula is C24H23N5O3S2. The molecule has 0 saturated heterocycles. The molecule has 1 heterocycles. The number of sulfonamides is 1. The van der Waals surface area contributed by atoms with Crippen LogP contribution in [0.15, 0.2) is 77.7 Å². The minimum absolute atomic E-state index is 0.0300. The lowest BCUT2D eigenvalue weighted by molar-refractivity contribution is -0.114. The van der Waals surface area contributed by atoms with E-state index in [0.29, 0.717) is 22.7 Å². The molecule has 0 bridgehead atoms. The van der Waals surface area contributed by atoms with Crippen molar-refractivity contribution in [1.29, 1.82) is 5.41 Å². The highest BCUT2D eigenvalue weighted by molar-refractivity contribution is 7.89. The Morgan fingerprint density at radius 2 is 1.85 bits per heavy atom. The number of thiazole rings is 1. The molecule has 1 aromatic heterocycles. The van der Waals surface area contributed by atoms with Gasteiger partial charge in [-0.2, -0.15) is 0 Å². The summed E-state index contributed by atoms with van der Waals surface area (Å²) >= 11 is 1.42. The number of amides is 1. The van der Waals surface area contributed by atoms with Crippen LogP contribution in [-0.4, -0.2) is 25.1 Å². The van der Waals surface area contributed by atoms with E-state index < -0.39 is 16.1 Å². The molecule has 4 aromatic rings. The number of hydrogen-bond donors (Lipinski definition) is 4. The molecular weight excluding hydrogens is 470 g/mol. The number of nitrogens with one attached hydrogen (secondary N) is 3. The van der Waals surface area contributed by atoms with Crippen molar-refractivity contribution >= 4 is 49.0 Å². The van der Waals surface area contributed by atoms with Crippen molar-refractivity contribution in [1.82, 2.24) is 9.71 Å². The van der Waals surface area contributed by atoms with E-state index >= 15 is 0 Å². The van der Waals surface area contributed by atoms with E-state index in [4.69, 9.17) is 11.1 Å². The minimum Gasteiger partial charge on any atom is -0.384 e. The number of carbonyl (C=O) groups is 1. The average Bonchev–Trinajstić information content (AvgIpc) is 3.23. The van der Waals surface area contributed by atoms with E-state index in [1.54, 1.807) is 30.3 Å². The Hall–Kier alpha value is -3.60. The number of rotatable bonds is 8. The lowest BCUT2D eigenvalue weighted by Gasteiger charge is -2.18. The van der Waals surface area contributed by atoms with Gasteiger partial charge >= 0.3 is 0 Å². The predicted molar refractivity (Wildman–Crippen MR) is 135 cm³/mol. The largest absolute Gasteiger partial charge is 0.384 e. The van der Waals surface area contributed by atoms with E-state index in [1.165, 1.54) is 30.4 Å². The first kappa shape index (κ1) is 23.6. The third kappa shape index (κ3) is 5.48. The molecule has 3 aromatic carbocycles. The maximum absolute atomic E-state index is 13.3. The van der Waals surface area contributed by atoms with Crippen LogP contribution in [0.2, 0.25) is 0 Å². The molecule has 0 spiro atoms. The zero-order valence-electron chi connectivity index (χ0n) is 18.3. The van der Waals surface area contributed by atoms with Crippen LogP contribution in [0.25, 0.3) is 10.2 Å². The summed E-state index contributed by atoms with van der Waals surface area (Å²) in [6.45, 7) is 1.36. The summed E-state index contributed by atoms with van der Waals surface area (Å²) in [6.07, 6.45) is 0.311. The summed E-state index contributed by atoms with van der Waals surface area (Å²) in [7, 11) is -3.95. The molecule has 34 heavy (non-hydrogen) atoms. The average molecular weight is 494 g/mol. The van der Waals surface area contributed by atoms with Crippen molar-refractivity contribution in [3.63, 3.8) is 0 Å². The Morgan fingerprint density at radius 1 is 1.09 bits per heavy atom. The van der Waals surface area contributed by atoms with Gasteiger partial charge in [0.05, 0.1) is 21.2 Å². The standard InChI is InChI=1S/C24H23N5O3S2/c1-15(30)27-18-8-5-9-19(14-18)34(31,32)29-21(13-16-6-4-7-17(12-16)23(25)26)24-28-20-10-2-3-11-22(20)33-24/h2-12,14,21,29H,13H2,1H3,(H3,25,26)(H,27,30). The number of carbonyl (C=O) groups excluding carboxylic acids is 1. The van der Waals surface area contributed by atoms with Crippen molar-refractivity contribution in [3.05, 3.63) is 88.9 Å². The summed E-state index contributed by atoms with van der Waals surface area (Å²) in [6, 6.07) is 20.2. The van der Waals surface area contributed by atoms with Crippen molar-refractivity contribution in [2.24, 2.45) is 5.73 Å². The fourth-order valence-electron chi connectivity index (χ4n) is 3.52. The molecule has 1 amide bonds. The molecule has 10 heteroatoms. The molecule has 5 N–H and O–H groups in total. The number of para-hydroxylation sites is 1. The molecule has 0 radical (unpaired) electrons. The van der Waals surface area contributed by atoms with Gasteiger partial charge in [-0.15, -0.1) is 11.3 Å². The van der Waals surface area contributed by atoms with Crippen LogP contribution in [0.1, 0.15) is 29.1 Å². The molecule has 4 rings (SSSR count).